The Balaban J connectivity index is 1.61. The van der Waals surface area contributed by atoms with Crippen LogP contribution in [0.2, 0.25) is 0 Å². The Morgan fingerprint density at radius 2 is 1.65 bits per heavy atom. The third-order valence-corrected chi connectivity index (χ3v) is 7.54. The number of nitrogens with zero attached hydrogens (tertiary/aromatic N) is 1. The standard InChI is InChI=1S/C33H40F2N2O3/c1-33(2,3)24-11-10-14-28(20-24)37(27-12-6-4-7-13-27)22-31(38)30(19-23-17-25(34)21-26(35)18-23)36-32(39)40-29-15-8-5-9-16-29/h5,8-11,14-18,20-21,27,30-31,38H,4,6-7,12-13,19,22H2,1-3H3,(H,36,39). The Labute approximate surface area is 236 Å². The van der Waals surface area contributed by atoms with Gasteiger partial charge in [-0.3, -0.25) is 0 Å². The molecule has 0 heterocycles. The van der Waals surface area contributed by atoms with Crippen molar-refractivity contribution in [3.8, 4) is 5.75 Å². The highest BCUT2D eigenvalue weighted by Crippen LogP contribution is 2.31. The number of aliphatic hydroxyl groups excluding tert-OH is 1. The number of anilines is 1. The predicted molar refractivity (Wildman–Crippen MR) is 155 cm³/mol. The van der Waals surface area contributed by atoms with Crippen LogP contribution in [0, 0.1) is 11.6 Å². The minimum absolute atomic E-state index is 0.0280. The van der Waals surface area contributed by atoms with Gasteiger partial charge in [0.25, 0.3) is 0 Å². The van der Waals surface area contributed by atoms with Gasteiger partial charge in [-0.25, -0.2) is 13.6 Å². The van der Waals surface area contributed by atoms with Crippen molar-refractivity contribution in [2.75, 3.05) is 11.4 Å². The topological polar surface area (TPSA) is 61.8 Å². The van der Waals surface area contributed by atoms with Gasteiger partial charge in [0.2, 0.25) is 0 Å². The average Bonchev–Trinajstić information content (AvgIpc) is 2.91. The molecule has 0 spiro atoms. The lowest BCUT2D eigenvalue weighted by Crippen LogP contribution is -2.52. The molecule has 7 heteroatoms. The second kappa shape index (κ2) is 13.3. The summed E-state index contributed by atoms with van der Waals surface area (Å²) < 4.78 is 33.4. The van der Waals surface area contributed by atoms with Crippen molar-refractivity contribution in [3.63, 3.8) is 0 Å². The van der Waals surface area contributed by atoms with Crippen LogP contribution >= 0.6 is 0 Å². The van der Waals surface area contributed by atoms with E-state index in [1.165, 1.54) is 24.1 Å². The van der Waals surface area contributed by atoms with E-state index in [4.69, 9.17) is 4.74 Å². The molecule has 0 aromatic heterocycles. The number of aliphatic hydroxyl groups is 1. The number of halogens is 2. The molecule has 1 fully saturated rings. The second-order valence-electron chi connectivity index (χ2n) is 11.7. The van der Waals surface area contributed by atoms with Crippen LogP contribution in [0.1, 0.15) is 64.0 Å². The molecule has 1 aliphatic carbocycles. The first kappa shape index (κ1) is 29.5. The zero-order valence-corrected chi connectivity index (χ0v) is 23.6. The molecule has 1 saturated carbocycles. The van der Waals surface area contributed by atoms with Gasteiger partial charge in [-0.05, 0) is 72.2 Å². The number of amides is 1. The number of para-hydroxylation sites is 1. The first-order valence-electron chi connectivity index (χ1n) is 14.1. The van der Waals surface area contributed by atoms with E-state index < -0.39 is 29.9 Å². The van der Waals surface area contributed by atoms with Gasteiger partial charge in [-0.2, -0.15) is 0 Å². The number of nitrogens with one attached hydrogen (secondary N) is 1. The van der Waals surface area contributed by atoms with Gasteiger partial charge in [0, 0.05) is 24.3 Å². The smallest absolute Gasteiger partial charge is 0.410 e. The fraction of sp³-hybridized carbons (Fsp3) is 0.424. The summed E-state index contributed by atoms with van der Waals surface area (Å²) in [6.07, 6.45) is 3.68. The predicted octanol–water partition coefficient (Wildman–Crippen LogP) is 7.16. The zero-order chi connectivity index (χ0) is 28.7. The molecular formula is C33H40F2N2O3. The SMILES string of the molecule is CC(C)(C)c1cccc(N(CC(O)C(Cc2cc(F)cc(F)c2)NC(=O)Oc2ccccc2)C2CCCCC2)c1. The summed E-state index contributed by atoms with van der Waals surface area (Å²) in [5, 5.41) is 14.4. The monoisotopic (exact) mass is 550 g/mol. The third kappa shape index (κ3) is 8.28. The van der Waals surface area contributed by atoms with Gasteiger partial charge in [-0.1, -0.05) is 70.4 Å². The van der Waals surface area contributed by atoms with Crippen LogP contribution in [0.15, 0.2) is 72.8 Å². The summed E-state index contributed by atoms with van der Waals surface area (Å²) in [7, 11) is 0. The third-order valence-electron chi connectivity index (χ3n) is 7.54. The minimum atomic E-state index is -1.05. The number of carbonyl (C=O) groups is 1. The number of ether oxygens (including phenoxy) is 1. The fourth-order valence-corrected chi connectivity index (χ4v) is 5.38. The largest absolute Gasteiger partial charge is 0.412 e. The molecule has 4 rings (SSSR count). The summed E-state index contributed by atoms with van der Waals surface area (Å²) in [5.74, 6) is -1.07. The lowest BCUT2D eigenvalue weighted by molar-refractivity contribution is 0.122. The molecule has 2 atom stereocenters. The van der Waals surface area contributed by atoms with Crippen LogP contribution in [0.3, 0.4) is 0 Å². The Morgan fingerprint density at radius 1 is 0.975 bits per heavy atom. The van der Waals surface area contributed by atoms with E-state index in [2.05, 4.69) is 49.2 Å². The molecule has 3 aromatic rings. The number of benzene rings is 3. The van der Waals surface area contributed by atoms with E-state index in [1.807, 2.05) is 12.1 Å². The molecule has 2 unspecified atom stereocenters. The molecule has 0 radical (unpaired) electrons. The molecule has 1 amide bonds. The van der Waals surface area contributed by atoms with E-state index in [-0.39, 0.29) is 24.4 Å². The normalized spacial score (nSPS) is 15.8. The molecule has 2 N–H and O–H groups in total. The molecule has 1 aliphatic rings. The summed E-state index contributed by atoms with van der Waals surface area (Å²) in [6.45, 7) is 6.75. The van der Waals surface area contributed by atoms with Crippen LogP contribution in [0.4, 0.5) is 19.3 Å². The highest BCUT2D eigenvalue weighted by atomic mass is 19.1. The molecular weight excluding hydrogens is 510 g/mol. The van der Waals surface area contributed by atoms with Crippen molar-refractivity contribution in [2.24, 2.45) is 0 Å². The Bertz CT molecular complexity index is 1240. The number of hydrogen-bond acceptors (Lipinski definition) is 4. The van der Waals surface area contributed by atoms with Crippen molar-refractivity contribution in [3.05, 3.63) is 95.6 Å². The summed E-state index contributed by atoms with van der Waals surface area (Å²) in [5.41, 5.74) is 2.50. The van der Waals surface area contributed by atoms with E-state index >= 15 is 0 Å². The molecule has 0 bridgehead atoms. The quantitative estimate of drug-likeness (QED) is 0.297. The maximum absolute atomic E-state index is 14.0. The van der Waals surface area contributed by atoms with Crippen LogP contribution in [0.25, 0.3) is 0 Å². The summed E-state index contributed by atoms with van der Waals surface area (Å²) in [6, 6.07) is 19.6. The zero-order valence-electron chi connectivity index (χ0n) is 23.6. The van der Waals surface area contributed by atoms with Crippen LogP contribution in [-0.2, 0) is 11.8 Å². The highest BCUT2D eigenvalue weighted by molar-refractivity contribution is 5.70. The lowest BCUT2D eigenvalue weighted by Gasteiger charge is -2.39. The van der Waals surface area contributed by atoms with Crippen LogP contribution in [0.5, 0.6) is 5.75 Å². The van der Waals surface area contributed by atoms with Crippen molar-refractivity contribution < 1.29 is 23.4 Å². The Hall–Kier alpha value is -3.45. The first-order chi connectivity index (χ1) is 19.1. The van der Waals surface area contributed by atoms with Gasteiger partial charge in [0.1, 0.15) is 17.4 Å². The first-order valence-corrected chi connectivity index (χ1v) is 14.1. The van der Waals surface area contributed by atoms with Gasteiger partial charge in [-0.15, -0.1) is 0 Å². The number of rotatable bonds is 9. The Kier molecular flexibility index (Phi) is 9.80. The molecule has 3 aromatic carbocycles. The second-order valence-corrected chi connectivity index (χ2v) is 11.7. The molecule has 40 heavy (non-hydrogen) atoms. The van der Waals surface area contributed by atoms with E-state index in [1.54, 1.807) is 24.3 Å². The van der Waals surface area contributed by atoms with E-state index in [0.29, 0.717) is 11.3 Å². The maximum atomic E-state index is 14.0. The van der Waals surface area contributed by atoms with Crippen molar-refractivity contribution >= 4 is 11.8 Å². The number of carbonyl (C=O) groups excluding carboxylic acids is 1. The van der Waals surface area contributed by atoms with Gasteiger partial charge < -0.3 is 20.1 Å². The molecule has 214 valence electrons. The Morgan fingerprint density at radius 3 is 2.30 bits per heavy atom. The molecule has 0 aliphatic heterocycles. The van der Waals surface area contributed by atoms with E-state index in [0.717, 1.165) is 37.4 Å². The van der Waals surface area contributed by atoms with Gasteiger partial charge in [0.15, 0.2) is 0 Å². The van der Waals surface area contributed by atoms with Gasteiger partial charge in [0.05, 0.1) is 12.1 Å². The average molecular weight is 551 g/mol. The van der Waals surface area contributed by atoms with Crippen molar-refractivity contribution in [2.45, 2.75) is 82.9 Å². The maximum Gasteiger partial charge on any atom is 0.412 e. The van der Waals surface area contributed by atoms with Crippen molar-refractivity contribution in [1.29, 1.82) is 0 Å². The fourth-order valence-electron chi connectivity index (χ4n) is 5.38. The molecule has 0 saturated heterocycles. The molecule has 5 nitrogen and oxygen atoms in total. The van der Waals surface area contributed by atoms with E-state index in [9.17, 15) is 18.7 Å². The van der Waals surface area contributed by atoms with Crippen molar-refractivity contribution in [1.82, 2.24) is 5.32 Å². The van der Waals surface area contributed by atoms with Crippen LogP contribution in [-0.4, -0.2) is 35.9 Å². The lowest BCUT2D eigenvalue weighted by atomic mass is 9.86. The summed E-state index contributed by atoms with van der Waals surface area (Å²) >= 11 is 0. The number of hydrogen-bond donors (Lipinski definition) is 2. The highest BCUT2D eigenvalue weighted by Gasteiger charge is 2.30. The van der Waals surface area contributed by atoms with Crippen LogP contribution < -0.4 is 15.0 Å². The minimum Gasteiger partial charge on any atom is -0.410 e. The van der Waals surface area contributed by atoms with Gasteiger partial charge >= 0.3 is 6.09 Å². The summed E-state index contributed by atoms with van der Waals surface area (Å²) in [4.78, 5) is 15.1.